The van der Waals surface area contributed by atoms with Gasteiger partial charge in [0.05, 0.1) is 16.8 Å². The Bertz CT molecular complexity index is 909. The van der Waals surface area contributed by atoms with Crippen molar-refractivity contribution in [2.45, 2.75) is 27.7 Å². The predicted octanol–water partition coefficient (Wildman–Crippen LogP) is 4.90. The smallest absolute Gasteiger partial charge is 0.336 e. The Kier molecular flexibility index (Phi) is 3.49. The Labute approximate surface area is 133 Å². The SMILES string of the molecule is Cc1cc(-c2cc(C(=O)O)c3ccc(C)c(C)c3n2)c(C)s1. The van der Waals surface area contributed by atoms with Gasteiger partial charge in [-0.25, -0.2) is 9.78 Å². The van der Waals surface area contributed by atoms with Gasteiger partial charge in [0.1, 0.15) is 0 Å². The number of nitrogens with zero attached hydrogens (tertiary/aromatic N) is 1. The van der Waals surface area contributed by atoms with Crippen LogP contribution in [0.1, 0.15) is 31.2 Å². The minimum atomic E-state index is -0.915. The number of hydrogen-bond donors (Lipinski definition) is 1. The van der Waals surface area contributed by atoms with Crippen molar-refractivity contribution in [3.63, 3.8) is 0 Å². The fourth-order valence-corrected chi connectivity index (χ4v) is 3.66. The number of benzene rings is 1. The molecule has 0 unspecified atom stereocenters. The van der Waals surface area contributed by atoms with Crippen LogP contribution < -0.4 is 0 Å². The third-order valence-corrected chi connectivity index (χ3v) is 5.02. The van der Waals surface area contributed by atoms with E-state index in [2.05, 4.69) is 13.0 Å². The molecule has 0 fully saturated rings. The molecule has 3 nitrogen and oxygen atoms in total. The van der Waals surface area contributed by atoms with Gasteiger partial charge in [-0.15, -0.1) is 11.3 Å². The van der Waals surface area contributed by atoms with Crippen LogP contribution in [0.2, 0.25) is 0 Å². The molecular formula is C18H17NO2S. The maximum absolute atomic E-state index is 11.7. The zero-order valence-electron chi connectivity index (χ0n) is 13.0. The molecule has 0 atom stereocenters. The number of carboxylic acid groups (broad SMARTS) is 1. The van der Waals surface area contributed by atoms with E-state index in [9.17, 15) is 9.90 Å². The molecular weight excluding hydrogens is 294 g/mol. The molecule has 0 aliphatic carbocycles. The lowest BCUT2D eigenvalue weighted by Crippen LogP contribution is -2.02. The average Bonchev–Trinajstić information content (AvgIpc) is 2.80. The number of fused-ring (bicyclic) bond motifs is 1. The molecule has 22 heavy (non-hydrogen) atoms. The van der Waals surface area contributed by atoms with Crippen LogP contribution in [0.15, 0.2) is 24.3 Å². The van der Waals surface area contributed by atoms with E-state index in [0.29, 0.717) is 10.9 Å². The molecule has 0 aliphatic heterocycles. The number of hydrogen-bond acceptors (Lipinski definition) is 3. The van der Waals surface area contributed by atoms with Crippen LogP contribution in [0, 0.1) is 27.7 Å². The van der Waals surface area contributed by atoms with Crippen molar-refractivity contribution in [1.82, 2.24) is 4.98 Å². The molecule has 2 heterocycles. The summed E-state index contributed by atoms with van der Waals surface area (Å²) >= 11 is 1.70. The fourth-order valence-electron chi connectivity index (χ4n) is 2.73. The zero-order chi connectivity index (χ0) is 16.0. The maximum atomic E-state index is 11.7. The molecule has 2 aromatic heterocycles. The normalized spacial score (nSPS) is 11.1. The van der Waals surface area contributed by atoms with Gasteiger partial charge in [-0.3, -0.25) is 0 Å². The molecule has 4 heteroatoms. The average molecular weight is 311 g/mol. The Balaban J connectivity index is 2.40. The number of carboxylic acids is 1. The number of rotatable bonds is 2. The van der Waals surface area contributed by atoms with Crippen molar-refractivity contribution in [2.75, 3.05) is 0 Å². The zero-order valence-corrected chi connectivity index (χ0v) is 13.8. The number of thiophene rings is 1. The van der Waals surface area contributed by atoms with E-state index in [1.165, 1.54) is 4.88 Å². The molecule has 0 bridgehead atoms. The highest BCUT2D eigenvalue weighted by atomic mass is 32.1. The van der Waals surface area contributed by atoms with Gasteiger partial charge in [-0.1, -0.05) is 12.1 Å². The Morgan fingerprint density at radius 3 is 2.45 bits per heavy atom. The van der Waals surface area contributed by atoms with E-state index in [0.717, 1.165) is 32.8 Å². The van der Waals surface area contributed by atoms with Gasteiger partial charge in [-0.2, -0.15) is 0 Å². The van der Waals surface area contributed by atoms with E-state index < -0.39 is 5.97 Å². The van der Waals surface area contributed by atoms with Crippen molar-refractivity contribution < 1.29 is 9.90 Å². The molecule has 0 amide bonds. The van der Waals surface area contributed by atoms with Crippen LogP contribution in [-0.2, 0) is 0 Å². The standard InChI is InChI=1S/C18H17NO2S/c1-9-5-6-13-15(18(20)21)8-16(19-17(13)11(9)3)14-7-10(2)22-12(14)4/h5-8H,1-4H3,(H,20,21). The molecule has 0 saturated carbocycles. The topological polar surface area (TPSA) is 50.2 Å². The minimum absolute atomic E-state index is 0.311. The second kappa shape index (κ2) is 5.21. The van der Waals surface area contributed by atoms with E-state index in [1.54, 1.807) is 17.4 Å². The van der Waals surface area contributed by atoms with Crippen molar-refractivity contribution in [3.8, 4) is 11.3 Å². The summed E-state index contributed by atoms with van der Waals surface area (Å²) in [4.78, 5) is 18.8. The van der Waals surface area contributed by atoms with Crippen molar-refractivity contribution >= 4 is 28.2 Å². The number of carbonyl (C=O) groups is 1. The highest BCUT2D eigenvalue weighted by Crippen LogP contribution is 2.33. The Morgan fingerprint density at radius 1 is 1.14 bits per heavy atom. The van der Waals surface area contributed by atoms with Gasteiger partial charge in [0.15, 0.2) is 0 Å². The van der Waals surface area contributed by atoms with Crippen molar-refractivity contribution in [3.05, 3.63) is 50.7 Å². The van der Waals surface area contributed by atoms with Crippen LogP contribution in [0.4, 0.5) is 0 Å². The van der Waals surface area contributed by atoms with Crippen LogP contribution in [0.25, 0.3) is 22.2 Å². The largest absolute Gasteiger partial charge is 0.478 e. The summed E-state index contributed by atoms with van der Waals surface area (Å²) in [6.45, 7) is 8.10. The monoisotopic (exact) mass is 311 g/mol. The summed E-state index contributed by atoms with van der Waals surface area (Å²) in [5.41, 5.74) is 5.00. The summed E-state index contributed by atoms with van der Waals surface area (Å²) in [5, 5.41) is 10.3. The van der Waals surface area contributed by atoms with E-state index in [1.807, 2.05) is 32.9 Å². The summed E-state index contributed by atoms with van der Waals surface area (Å²) in [5.74, 6) is -0.915. The number of aryl methyl sites for hydroxylation is 4. The summed E-state index contributed by atoms with van der Waals surface area (Å²) in [6.07, 6.45) is 0. The number of aromatic carboxylic acids is 1. The van der Waals surface area contributed by atoms with Crippen LogP contribution in [0.5, 0.6) is 0 Å². The molecule has 1 N–H and O–H groups in total. The lowest BCUT2D eigenvalue weighted by molar-refractivity contribution is 0.0699. The third-order valence-electron chi connectivity index (χ3n) is 4.05. The van der Waals surface area contributed by atoms with Crippen LogP contribution in [-0.4, -0.2) is 16.1 Å². The predicted molar refractivity (Wildman–Crippen MR) is 91.0 cm³/mol. The molecule has 0 spiro atoms. The lowest BCUT2D eigenvalue weighted by atomic mass is 9.99. The molecule has 0 saturated heterocycles. The Morgan fingerprint density at radius 2 is 1.86 bits per heavy atom. The van der Waals surface area contributed by atoms with E-state index >= 15 is 0 Å². The molecule has 3 rings (SSSR count). The summed E-state index contributed by atoms with van der Waals surface area (Å²) < 4.78 is 0. The second-order valence-corrected chi connectivity index (χ2v) is 7.05. The minimum Gasteiger partial charge on any atom is -0.478 e. The number of aromatic nitrogens is 1. The molecule has 1 aromatic carbocycles. The first-order valence-electron chi connectivity index (χ1n) is 7.10. The molecule has 0 aliphatic rings. The van der Waals surface area contributed by atoms with Gasteiger partial charge in [0, 0.05) is 20.7 Å². The van der Waals surface area contributed by atoms with Crippen molar-refractivity contribution in [1.29, 1.82) is 0 Å². The Hall–Kier alpha value is -2.20. The maximum Gasteiger partial charge on any atom is 0.336 e. The number of pyridine rings is 1. The first kappa shape index (κ1) is 14.7. The highest BCUT2D eigenvalue weighted by Gasteiger charge is 2.16. The lowest BCUT2D eigenvalue weighted by Gasteiger charge is -2.10. The van der Waals surface area contributed by atoms with Crippen LogP contribution >= 0.6 is 11.3 Å². The van der Waals surface area contributed by atoms with Gasteiger partial charge >= 0.3 is 5.97 Å². The molecule has 3 aromatic rings. The summed E-state index contributed by atoms with van der Waals surface area (Å²) in [7, 11) is 0. The van der Waals surface area contributed by atoms with Gasteiger partial charge in [-0.05, 0) is 51.0 Å². The quantitative estimate of drug-likeness (QED) is 0.732. The van der Waals surface area contributed by atoms with E-state index in [-0.39, 0.29) is 0 Å². The van der Waals surface area contributed by atoms with Crippen LogP contribution in [0.3, 0.4) is 0 Å². The first-order chi connectivity index (χ1) is 10.4. The highest BCUT2D eigenvalue weighted by molar-refractivity contribution is 7.12. The third kappa shape index (κ3) is 2.29. The van der Waals surface area contributed by atoms with Gasteiger partial charge < -0.3 is 5.11 Å². The van der Waals surface area contributed by atoms with Gasteiger partial charge in [0.25, 0.3) is 0 Å². The van der Waals surface area contributed by atoms with E-state index in [4.69, 9.17) is 4.98 Å². The first-order valence-corrected chi connectivity index (χ1v) is 7.92. The molecule has 0 radical (unpaired) electrons. The second-order valence-electron chi connectivity index (χ2n) is 5.59. The fraction of sp³-hybridized carbons (Fsp3) is 0.222. The summed E-state index contributed by atoms with van der Waals surface area (Å²) in [6, 6.07) is 7.56. The van der Waals surface area contributed by atoms with Crippen molar-refractivity contribution in [2.24, 2.45) is 0 Å². The van der Waals surface area contributed by atoms with Gasteiger partial charge in [0.2, 0.25) is 0 Å². The molecule has 112 valence electrons.